The van der Waals surface area contributed by atoms with Gasteiger partial charge in [-0.15, -0.1) is 0 Å². The first-order chi connectivity index (χ1) is 28.1. The van der Waals surface area contributed by atoms with Crippen LogP contribution < -0.4 is 5.73 Å². The number of carboxylic acids is 1. The van der Waals surface area contributed by atoms with Crippen LogP contribution in [0, 0.1) is 0 Å². The fourth-order valence-electron chi connectivity index (χ4n) is 5.45. The number of hydrogen-bond donors (Lipinski definition) is 3. The summed E-state index contributed by atoms with van der Waals surface area (Å²) < 4.78 is 32.6. The van der Waals surface area contributed by atoms with E-state index >= 15 is 0 Å². The number of allylic oxidation sites excluding steroid dienone is 12. The van der Waals surface area contributed by atoms with Gasteiger partial charge in [0.2, 0.25) is 0 Å². The van der Waals surface area contributed by atoms with Gasteiger partial charge in [-0.3, -0.25) is 23.4 Å². The van der Waals surface area contributed by atoms with Gasteiger partial charge >= 0.3 is 25.7 Å². The molecule has 0 aromatic carbocycles. The molecule has 0 saturated heterocycles. The molecule has 0 aliphatic rings. The van der Waals surface area contributed by atoms with Crippen LogP contribution in [-0.2, 0) is 37.5 Å². The van der Waals surface area contributed by atoms with E-state index in [0.29, 0.717) is 19.3 Å². The summed E-state index contributed by atoms with van der Waals surface area (Å²) >= 11 is 0. The summed E-state index contributed by atoms with van der Waals surface area (Å²) in [5, 5.41) is 8.89. The molecule has 1 unspecified atom stereocenters. The zero-order valence-corrected chi connectivity index (χ0v) is 36.8. The summed E-state index contributed by atoms with van der Waals surface area (Å²) in [7, 11) is -4.74. The Balaban J connectivity index is 4.49. The van der Waals surface area contributed by atoms with Crippen molar-refractivity contribution in [3.05, 3.63) is 72.9 Å². The number of carboxylic acid groups (broad SMARTS) is 1. The number of aliphatic carboxylic acids is 1. The van der Waals surface area contributed by atoms with Gasteiger partial charge in [-0.25, -0.2) is 4.57 Å². The second kappa shape index (κ2) is 40.7. The third-order valence-electron chi connectivity index (χ3n) is 8.91. The predicted octanol–water partition coefficient (Wildman–Crippen LogP) is 11.7. The van der Waals surface area contributed by atoms with E-state index in [1.807, 2.05) is 6.08 Å². The van der Waals surface area contributed by atoms with Crippen molar-refractivity contribution in [3.63, 3.8) is 0 Å². The summed E-state index contributed by atoms with van der Waals surface area (Å²) in [6, 6.07) is -1.54. The Morgan fingerprint density at radius 3 is 1.48 bits per heavy atom. The van der Waals surface area contributed by atoms with E-state index in [4.69, 9.17) is 24.8 Å². The number of phosphoric acid groups is 1. The third-order valence-corrected chi connectivity index (χ3v) is 9.86. The quantitative estimate of drug-likeness (QED) is 0.0232. The molecule has 11 nitrogen and oxygen atoms in total. The van der Waals surface area contributed by atoms with Crippen LogP contribution in [0.5, 0.6) is 0 Å². The summed E-state index contributed by atoms with van der Waals surface area (Å²) in [5.41, 5.74) is 5.33. The minimum Gasteiger partial charge on any atom is -0.480 e. The molecule has 58 heavy (non-hydrogen) atoms. The summed E-state index contributed by atoms with van der Waals surface area (Å²) in [6.07, 6.45) is 48.3. The minimum absolute atomic E-state index is 0.0866. The summed E-state index contributed by atoms with van der Waals surface area (Å²) in [4.78, 5) is 45.9. The normalized spacial score (nSPS) is 14.4. The SMILES string of the molecule is CCC/C=C/C/C=C/C/C=C/C/C=C/CCCCCC(=O)OC[C@H](COP(=O)(O)OC[C@H](N)C(=O)O)OC(=O)CCC/C=C/C/C=C/CCCCCCCCCCC. The number of esters is 2. The van der Waals surface area contributed by atoms with E-state index in [1.165, 1.54) is 64.2 Å². The van der Waals surface area contributed by atoms with E-state index < -0.39 is 51.1 Å². The van der Waals surface area contributed by atoms with Crippen molar-refractivity contribution in [2.75, 3.05) is 19.8 Å². The second-order valence-corrected chi connectivity index (χ2v) is 15.9. The number of rotatable bonds is 40. The molecule has 0 aliphatic carbocycles. The highest BCUT2D eigenvalue weighted by atomic mass is 31.2. The number of nitrogens with two attached hydrogens (primary N) is 1. The minimum atomic E-state index is -4.74. The van der Waals surface area contributed by atoms with Gasteiger partial charge in [-0.1, -0.05) is 151 Å². The molecule has 0 amide bonds. The van der Waals surface area contributed by atoms with Crippen molar-refractivity contribution in [2.24, 2.45) is 5.73 Å². The van der Waals surface area contributed by atoms with Gasteiger partial charge < -0.3 is 25.2 Å². The smallest absolute Gasteiger partial charge is 0.472 e. The van der Waals surface area contributed by atoms with Gasteiger partial charge in [0, 0.05) is 12.8 Å². The zero-order valence-electron chi connectivity index (χ0n) is 35.9. The van der Waals surface area contributed by atoms with Gasteiger partial charge in [0.1, 0.15) is 12.6 Å². The van der Waals surface area contributed by atoms with Crippen LogP contribution in [0.4, 0.5) is 0 Å². The third kappa shape index (κ3) is 39.7. The molecule has 0 bridgehead atoms. The number of carbonyl (C=O) groups excluding carboxylic acids is 2. The van der Waals surface area contributed by atoms with E-state index in [9.17, 15) is 23.8 Å². The fourth-order valence-corrected chi connectivity index (χ4v) is 6.23. The second-order valence-electron chi connectivity index (χ2n) is 14.5. The molecule has 0 heterocycles. The van der Waals surface area contributed by atoms with Crippen molar-refractivity contribution in [2.45, 2.75) is 180 Å². The number of carbonyl (C=O) groups is 3. The van der Waals surface area contributed by atoms with Gasteiger partial charge in [0.15, 0.2) is 6.10 Å². The number of hydrogen-bond acceptors (Lipinski definition) is 9. The van der Waals surface area contributed by atoms with E-state index in [-0.39, 0.29) is 19.4 Å². The molecule has 332 valence electrons. The van der Waals surface area contributed by atoms with Gasteiger partial charge in [0.05, 0.1) is 13.2 Å². The zero-order chi connectivity index (χ0) is 42.8. The van der Waals surface area contributed by atoms with Crippen LogP contribution >= 0.6 is 7.82 Å². The van der Waals surface area contributed by atoms with Crippen molar-refractivity contribution >= 4 is 25.7 Å². The van der Waals surface area contributed by atoms with Gasteiger partial charge in [-0.2, -0.15) is 0 Å². The fraction of sp³-hybridized carbons (Fsp3) is 0.674. The maximum absolute atomic E-state index is 12.6. The van der Waals surface area contributed by atoms with Crippen LogP contribution in [0.2, 0.25) is 0 Å². The van der Waals surface area contributed by atoms with Crippen molar-refractivity contribution in [3.8, 4) is 0 Å². The van der Waals surface area contributed by atoms with Crippen LogP contribution in [0.15, 0.2) is 72.9 Å². The standard InChI is InChI=1S/C46H78NO10P/c1-3-5-7-9-11-13-15-17-19-21-23-25-27-29-31-33-35-37-44(48)54-39-42(40-55-58(52,53)56-41-43(47)46(50)51)57-45(49)38-36-34-32-30-28-26-24-22-20-18-16-14-12-10-8-6-4-2/h7,9,13,15,19,21,24-27,30,32,42-43H,3-6,8,10-12,14,16-18,20,22-23,28-29,31,33-41,47H2,1-2H3,(H,50,51)(H,52,53)/b9-7+,15-13+,21-19+,26-24+,27-25+,32-30+/t42-,43+/m1/s1. The van der Waals surface area contributed by atoms with Crippen LogP contribution in [0.1, 0.15) is 168 Å². The number of phosphoric ester groups is 1. The Morgan fingerprint density at radius 1 is 0.534 bits per heavy atom. The Bertz CT molecular complexity index is 1260. The lowest BCUT2D eigenvalue weighted by atomic mass is 10.1. The predicted molar refractivity (Wildman–Crippen MR) is 235 cm³/mol. The molecular formula is C46H78NO10P. The summed E-state index contributed by atoms with van der Waals surface area (Å²) in [6.45, 7) is 2.65. The van der Waals surface area contributed by atoms with Gasteiger partial charge in [0.25, 0.3) is 0 Å². The molecular weight excluding hydrogens is 757 g/mol. The molecule has 0 aromatic heterocycles. The van der Waals surface area contributed by atoms with Crippen LogP contribution in [-0.4, -0.2) is 59.9 Å². The van der Waals surface area contributed by atoms with Crippen molar-refractivity contribution in [1.82, 2.24) is 0 Å². The molecule has 0 rings (SSSR count). The Morgan fingerprint density at radius 2 is 0.966 bits per heavy atom. The molecule has 12 heteroatoms. The van der Waals surface area contributed by atoms with E-state index in [0.717, 1.165) is 57.8 Å². The summed E-state index contributed by atoms with van der Waals surface area (Å²) in [5.74, 6) is -2.48. The highest BCUT2D eigenvalue weighted by Crippen LogP contribution is 2.43. The lowest BCUT2D eigenvalue weighted by Crippen LogP contribution is -2.34. The molecule has 3 atom stereocenters. The molecule has 0 saturated carbocycles. The number of ether oxygens (including phenoxy) is 2. The van der Waals surface area contributed by atoms with Gasteiger partial charge in [-0.05, 0) is 77.0 Å². The van der Waals surface area contributed by atoms with E-state index in [1.54, 1.807) is 0 Å². The Hall–Kier alpha value is -3.08. The molecule has 0 aromatic rings. The van der Waals surface area contributed by atoms with E-state index in [2.05, 4.69) is 85.2 Å². The molecule has 0 aliphatic heterocycles. The maximum Gasteiger partial charge on any atom is 0.472 e. The lowest BCUT2D eigenvalue weighted by Gasteiger charge is -2.20. The Labute approximate surface area is 350 Å². The van der Waals surface area contributed by atoms with Crippen molar-refractivity contribution < 1.29 is 47.5 Å². The monoisotopic (exact) mass is 836 g/mol. The highest BCUT2D eigenvalue weighted by Gasteiger charge is 2.28. The largest absolute Gasteiger partial charge is 0.480 e. The first-order valence-corrected chi connectivity index (χ1v) is 23.5. The molecule has 4 N–H and O–H groups in total. The van der Waals surface area contributed by atoms with Crippen molar-refractivity contribution in [1.29, 1.82) is 0 Å². The number of unbranched alkanes of at least 4 members (excludes halogenated alkanes) is 14. The average Bonchev–Trinajstić information content (AvgIpc) is 3.20. The van der Waals surface area contributed by atoms with Crippen LogP contribution in [0.3, 0.4) is 0 Å². The lowest BCUT2D eigenvalue weighted by molar-refractivity contribution is -0.161. The van der Waals surface area contributed by atoms with Crippen LogP contribution in [0.25, 0.3) is 0 Å². The topological polar surface area (TPSA) is 172 Å². The average molecular weight is 836 g/mol. The first-order valence-electron chi connectivity index (χ1n) is 22.0. The molecule has 0 fully saturated rings. The molecule has 0 spiro atoms. The highest BCUT2D eigenvalue weighted by molar-refractivity contribution is 7.47. The first kappa shape index (κ1) is 54.9. The maximum atomic E-state index is 12.6. The Kier molecular flexibility index (Phi) is 38.5. The molecule has 0 radical (unpaired) electrons.